The second-order valence-corrected chi connectivity index (χ2v) is 3.11. The van der Waals surface area contributed by atoms with E-state index in [-0.39, 0.29) is 0 Å². The van der Waals surface area contributed by atoms with Gasteiger partial charge in [-0.15, -0.1) is 0 Å². The first-order valence-corrected chi connectivity index (χ1v) is 3.58. The largest absolute Gasteiger partial charge is 0.215 e. The molecule has 41 valence electrons. The van der Waals surface area contributed by atoms with Crippen LogP contribution in [0.3, 0.4) is 0 Å². The molecule has 0 unspecified atom stereocenters. The number of hydrogen-bond acceptors (Lipinski definition) is 2. The average Bonchev–Trinajstić information content (AvgIpc) is 1.84. The molecule has 1 saturated heterocycles. The first-order chi connectivity index (χ1) is 3.21. The molecule has 1 heterocycles. The van der Waals surface area contributed by atoms with E-state index in [4.69, 9.17) is 0 Å². The Morgan fingerprint density at radius 2 is 2.29 bits per heavy atom. The summed E-state index contributed by atoms with van der Waals surface area (Å²) < 4.78 is 22.8. The van der Waals surface area contributed by atoms with Gasteiger partial charge in [0, 0.05) is 6.54 Å². The van der Waals surface area contributed by atoms with Gasteiger partial charge < -0.3 is 0 Å². The predicted molar refractivity (Wildman–Crippen MR) is 25.8 cm³/mol. The maximum Gasteiger partial charge on any atom is 0.215 e. The van der Waals surface area contributed by atoms with E-state index in [2.05, 4.69) is 4.72 Å². The van der Waals surface area contributed by atoms with Crippen molar-refractivity contribution < 1.29 is 8.42 Å². The predicted octanol–water partition coefficient (Wildman–Crippen LogP) is -0.529. The fraction of sp³-hybridized carbons (Fsp3) is 0.667. The van der Waals surface area contributed by atoms with Crippen LogP contribution in [0.5, 0.6) is 0 Å². The van der Waals surface area contributed by atoms with Crippen molar-refractivity contribution in [3.63, 3.8) is 0 Å². The van der Waals surface area contributed by atoms with Gasteiger partial charge in [0.05, 0.1) is 5.75 Å². The van der Waals surface area contributed by atoms with Crippen molar-refractivity contribution in [2.24, 2.45) is 0 Å². The molecule has 0 atom stereocenters. The lowest BCUT2D eigenvalue weighted by Gasteiger charge is -1.84. The Bertz CT molecular complexity index is 136. The summed E-state index contributed by atoms with van der Waals surface area (Å²) in [5.41, 5.74) is 0. The number of rotatable bonds is 0. The normalized spacial score (nSPS) is 28.0. The Hall–Kier alpha value is -0.0900. The van der Waals surface area contributed by atoms with Gasteiger partial charge in [0.15, 0.2) is 0 Å². The topological polar surface area (TPSA) is 46.2 Å². The molecular formula is C3H6NO2S. The van der Waals surface area contributed by atoms with E-state index in [1.54, 1.807) is 0 Å². The molecule has 3 nitrogen and oxygen atoms in total. The minimum absolute atomic E-state index is 0.572. The minimum Gasteiger partial charge on any atom is -0.215 e. The van der Waals surface area contributed by atoms with Crippen LogP contribution in [0.1, 0.15) is 6.42 Å². The van der Waals surface area contributed by atoms with E-state index < -0.39 is 10.0 Å². The molecule has 1 aliphatic rings. The van der Waals surface area contributed by atoms with Crippen LogP contribution in [0.2, 0.25) is 0 Å². The highest BCUT2D eigenvalue weighted by Crippen LogP contribution is 2.02. The van der Waals surface area contributed by atoms with Crippen LogP contribution < -0.4 is 4.72 Å². The Balaban J connectivity index is 2.76. The van der Waals surface area contributed by atoms with E-state index in [1.807, 2.05) is 0 Å². The Morgan fingerprint density at radius 3 is 2.43 bits per heavy atom. The van der Waals surface area contributed by atoms with E-state index in [1.165, 1.54) is 5.75 Å². The summed E-state index contributed by atoms with van der Waals surface area (Å²) in [7, 11) is -2.92. The highest BCUT2D eigenvalue weighted by Gasteiger charge is 2.15. The third-order valence-corrected chi connectivity index (χ3v) is 2.07. The van der Waals surface area contributed by atoms with Crippen molar-refractivity contribution in [1.29, 1.82) is 0 Å². The summed E-state index contributed by atoms with van der Waals surface area (Å²) in [6, 6.07) is 0. The number of nitrogens with one attached hydrogen (secondary N) is 1. The maximum absolute atomic E-state index is 10.3. The molecule has 0 saturated carbocycles. The minimum atomic E-state index is -2.92. The van der Waals surface area contributed by atoms with Gasteiger partial charge in [0.1, 0.15) is 0 Å². The zero-order chi connectivity index (χ0) is 5.33. The van der Waals surface area contributed by atoms with Gasteiger partial charge in [-0.3, -0.25) is 0 Å². The zero-order valence-electron chi connectivity index (χ0n) is 3.72. The Labute approximate surface area is 42.8 Å². The van der Waals surface area contributed by atoms with Gasteiger partial charge in [-0.05, 0) is 6.42 Å². The van der Waals surface area contributed by atoms with Gasteiger partial charge in [-0.25, -0.2) is 13.1 Å². The van der Waals surface area contributed by atoms with E-state index >= 15 is 0 Å². The molecule has 0 aromatic carbocycles. The lowest BCUT2D eigenvalue weighted by atomic mass is 10.5. The van der Waals surface area contributed by atoms with Crippen LogP contribution in [0.25, 0.3) is 0 Å². The van der Waals surface area contributed by atoms with Gasteiger partial charge in [-0.1, -0.05) is 0 Å². The first kappa shape index (κ1) is 5.05. The van der Waals surface area contributed by atoms with Crippen molar-refractivity contribution in [2.75, 3.05) is 6.54 Å². The van der Waals surface area contributed by atoms with Crippen LogP contribution in [0.15, 0.2) is 0 Å². The van der Waals surface area contributed by atoms with Crippen LogP contribution in [0.4, 0.5) is 0 Å². The summed E-state index contributed by atoms with van der Waals surface area (Å²) >= 11 is 0. The van der Waals surface area contributed by atoms with Crippen molar-refractivity contribution in [1.82, 2.24) is 4.72 Å². The van der Waals surface area contributed by atoms with E-state index in [0.717, 1.165) is 0 Å². The summed E-state index contributed by atoms with van der Waals surface area (Å²) in [5.74, 6) is 1.28. The highest BCUT2D eigenvalue weighted by molar-refractivity contribution is 7.91. The molecule has 0 amide bonds. The maximum atomic E-state index is 10.3. The van der Waals surface area contributed by atoms with E-state index in [9.17, 15) is 8.42 Å². The molecule has 0 aromatic rings. The van der Waals surface area contributed by atoms with Crippen LogP contribution in [0, 0.1) is 5.75 Å². The van der Waals surface area contributed by atoms with Crippen molar-refractivity contribution >= 4 is 10.0 Å². The zero-order valence-corrected chi connectivity index (χ0v) is 4.53. The number of sulfonamides is 1. The average molecular weight is 120 g/mol. The Morgan fingerprint density at radius 1 is 1.57 bits per heavy atom. The lowest BCUT2D eigenvalue weighted by molar-refractivity contribution is 0.597. The summed E-state index contributed by atoms with van der Waals surface area (Å²) in [4.78, 5) is 0. The summed E-state index contributed by atoms with van der Waals surface area (Å²) in [5, 5.41) is 0. The fourth-order valence-corrected chi connectivity index (χ4v) is 1.42. The highest BCUT2D eigenvalue weighted by atomic mass is 32.2. The third kappa shape index (κ3) is 1.14. The second-order valence-electron chi connectivity index (χ2n) is 1.39. The molecular weight excluding hydrogens is 114 g/mol. The SMILES string of the molecule is O=S1(=O)[CH]CCN1. The van der Waals surface area contributed by atoms with Crippen molar-refractivity contribution in [3.05, 3.63) is 5.75 Å². The molecule has 1 fully saturated rings. The Kier molecular flexibility index (Phi) is 1.05. The molecule has 0 aromatic heterocycles. The first-order valence-electron chi connectivity index (χ1n) is 2.03. The second kappa shape index (κ2) is 1.45. The van der Waals surface area contributed by atoms with Gasteiger partial charge in [0.25, 0.3) is 0 Å². The molecule has 0 spiro atoms. The monoisotopic (exact) mass is 120 g/mol. The van der Waals surface area contributed by atoms with Crippen LogP contribution >= 0.6 is 0 Å². The molecule has 1 rings (SSSR count). The molecule has 1 radical (unpaired) electrons. The number of hydrogen-bond donors (Lipinski definition) is 1. The molecule has 0 bridgehead atoms. The van der Waals surface area contributed by atoms with Crippen LogP contribution in [-0.2, 0) is 10.0 Å². The molecule has 0 aliphatic carbocycles. The summed E-state index contributed by atoms with van der Waals surface area (Å²) in [6.07, 6.45) is 0.641. The molecule has 7 heavy (non-hydrogen) atoms. The fourth-order valence-electron chi connectivity index (χ4n) is 0.474. The van der Waals surface area contributed by atoms with Crippen molar-refractivity contribution in [3.8, 4) is 0 Å². The molecule has 1 N–H and O–H groups in total. The third-order valence-electron chi connectivity index (χ3n) is 0.785. The van der Waals surface area contributed by atoms with Crippen molar-refractivity contribution in [2.45, 2.75) is 6.42 Å². The quantitative estimate of drug-likeness (QED) is 0.467. The summed E-state index contributed by atoms with van der Waals surface area (Å²) in [6.45, 7) is 0.572. The van der Waals surface area contributed by atoms with Gasteiger partial charge in [-0.2, -0.15) is 0 Å². The van der Waals surface area contributed by atoms with E-state index in [0.29, 0.717) is 13.0 Å². The van der Waals surface area contributed by atoms with Gasteiger partial charge >= 0.3 is 0 Å². The standard InChI is InChI=1S/C3H6NO2S/c5-7(6)3-1-2-4-7/h3-4H,1-2H2. The van der Waals surface area contributed by atoms with Crippen LogP contribution in [-0.4, -0.2) is 15.0 Å². The van der Waals surface area contributed by atoms with Gasteiger partial charge in [0.2, 0.25) is 10.0 Å². The molecule has 1 aliphatic heterocycles. The molecule has 4 heteroatoms. The smallest absolute Gasteiger partial charge is 0.215 e. The lowest BCUT2D eigenvalue weighted by Crippen LogP contribution is -2.13.